The smallest absolute Gasteiger partial charge is 0.335 e. The van der Waals surface area contributed by atoms with Crippen LogP contribution in [0.4, 0.5) is 5.69 Å². The third-order valence-corrected chi connectivity index (χ3v) is 3.89. The third-order valence-electron chi connectivity index (χ3n) is 3.89. The predicted molar refractivity (Wildman–Crippen MR) is 74.0 cm³/mol. The van der Waals surface area contributed by atoms with Gasteiger partial charge in [0.15, 0.2) is 0 Å². The summed E-state index contributed by atoms with van der Waals surface area (Å²) in [4.78, 5) is 18.1. The van der Waals surface area contributed by atoms with Crippen molar-refractivity contribution < 1.29 is 9.90 Å². The summed E-state index contributed by atoms with van der Waals surface area (Å²) in [5.41, 5.74) is 2.29. The zero-order valence-electron chi connectivity index (χ0n) is 10.9. The van der Waals surface area contributed by atoms with Gasteiger partial charge in [0.2, 0.25) is 0 Å². The highest BCUT2D eigenvalue weighted by atomic mass is 16.4. The fourth-order valence-electron chi connectivity index (χ4n) is 2.80. The molecule has 0 atom stereocenters. The van der Waals surface area contributed by atoms with Crippen LogP contribution in [0.5, 0.6) is 0 Å². The topological polar surface area (TPSA) is 52.9 Å². The van der Waals surface area contributed by atoms with E-state index in [2.05, 4.69) is 4.90 Å². The van der Waals surface area contributed by atoms with Crippen LogP contribution in [0.3, 0.4) is 0 Å². The summed E-state index contributed by atoms with van der Waals surface area (Å²) < 4.78 is 0. The van der Waals surface area contributed by atoms with Crippen molar-refractivity contribution in [2.75, 3.05) is 6.54 Å². The predicted octanol–water partition coefficient (Wildman–Crippen LogP) is 3.19. The highest BCUT2D eigenvalue weighted by molar-refractivity contribution is 5.91. The van der Waals surface area contributed by atoms with Gasteiger partial charge in [0.25, 0.3) is 0 Å². The van der Waals surface area contributed by atoms with E-state index >= 15 is 0 Å². The molecule has 1 N–H and O–H groups in total. The van der Waals surface area contributed by atoms with Gasteiger partial charge in [-0.3, -0.25) is 0 Å². The van der Waals surface area contributed by atoms with Crippen molar-refractivity contribution in [1.82, 2.24) is 4.90 Å². The number of fused-ring (bicyclic) bond motifs is 2. The van der Waals surface area contributed by atoms with Crippen molar-refractivity contribution >= 4 is 17.5 Å². The Morgan fingerprint density at radius 2 is 2.05 bits per heavy atom. The second-order valence-electron chi connectivity index (χ2n) is 5.26. The lowest BCUT2D eigenvalue weighted by molar-refractivity contribution is 0.0697. The van der Waals surface area contributed by atoms with E-state index in [9.17, 15) is 4.79 Å². The summed E-state index contributed by atoms with van der Waals surface area (Å²) in [5.74, 6) is 0.248. The molecule has 0 unspecified atom stereocenters. The zero-order valence-corrected chi connectivity index (χ0v) is 10.9. The maximum atomic E-state index is 11.0. The van der Waals surface area contributed by atoms with Crippen LogP contribution in [-0.4, -0.2) is 28.4 Å². The van der Waals surface area contributed by atoms with Crippen molar-refractivity contribution in [2.24, 2.45) is 4.99 Å². The summed E-state index contributed by atoms with van der Waals surface area (Å²) in [6, 6.07) is 5.27. The molecule has 0 saturated carbocycles. The molecule has 4 nitrogen and oxygen atoms in total. The van der Waals surface area contributed by atoms with Crippen LogP contribution in [-0.2, 0) is 6.54 Å². The molecule has 2 heterocycles. The standard InChI is InChI=1S/C15H18N2O2/c18-15(19)11-6-7-12-10-17-8-4-2-1-3-5-14(17)16-13(12)9-11/h6-7,9H,1-5,8,10H2,(H,18,19). The number of carboxylic acids is 1. The fraction of sp³-hybridized carbons (Fsp3) is 0.467. The van der Waals surface area contributed by atoms with Gasteiger partial charge in [0, 0.05) is 19.5 Å². The average molecular weight is 258 g/mol. The first-order valence-corrected chi connectivity index (χ1v) is 6.93. The SMILES string of the molecule is O=C(O)c1ccc2c(c1)N=C1CCCCCCN1C2. The molecule has 0 spiro atoms. The van der Waals surface area contributed by atoms with Gasteiger partial charge in [-0.05, 0) is 30.5 Å². The lowest BCUT2D eigenvalue weighted by atomic mass is 10.0. The number of carbonyl (C=O) groups is 1. The summed E-state index contributed by atoms with van der Waals surface area (Å²) in [6.45, 7) is 1.94. The van der Waals surface area contributed by atoms with E-state index in [1.165, 1.54) is 25.7 Å². The molecule has 3 rings (SSSR count). The first kappa shape index (κ1) is 12.2. The molecule has 0 bridgehead atoms. The minimum atomic E-state index is -0.886. The Bertz CT molecular complexity index is 537. The van der Waals surface area contributed by atoms with Crippen LogP contribution < -0.4 is 0 Å². The van der Waals surface area contributed by atoms with E-state index in [-0.39, 0.29) is 0 Å². The molecule has 1 saturated heterocycles. The number of hydrogen-bond acceptors (Lipinski definition) is 3. The quantitative estimate of drug-likeness (QED) is 0.841. The molecule has 2 aliphatic heterocycles. The van der Waals surface area contributed by atoms with Gasteiger partial charge in [-0.25, -0.2) is 9.79 Å². The summed E-state index contributed by atoms with van der Waals surface area (Å²) in [7, 11) is 0. The van der Waals surface area contributed by atoms with Gasteiger partial charge in [-0.1, -0.05) is 18.9 Å². The Labute approximate surface area is 112 Å². The van der Waals surface area contributed by atoms with E-state index in [0.29, 0.717) is 5.56 Å². The van der Waals surface area contributed by atoms with E-state index in [1.807, 2.05) is 6.07 Å². The van der Waals surface area contributed by atoms with E-state index in [4.69, 9.17) is 10.1 Å². The van der Waals surface area contributed by atoms with Gasteiger partial charge in [-0.15, -0.1) is 0 Å². The van der Waals surface area contributed by atoms with Gasteiger partial charge in [-0.2, -0.15) is 0 Å². The second kappa shape index (κ2) is 5.03. The van der Waals surface area contributed by atoms with Crippen LogP contribution in [0.25, 0.3) is 0 Å². The number of nitrogens with zero attached hydrogens (tertiary/aromatic N) is 2. The molecular formula is C15H18N2O2. The molecule has 2 aliphatic rings. The molecule has 0 aliphatic carbocycles. The largest absolute Gasteiger partial charge is 0.478 e. The molecule has 0 aromatic heterocycles. The number of aromatic carboxylic acids is 1. The molecule has 1 aromatic carbocycles. The average Bonchev–Trinajstić information content (AvgIpc) is 2.38. The lowest BCUT2D eigenvalue weighted by Crippen LogP contribution is -2.34. The Balaban J connectivity index is 1.95. The number of amidine groups is 1. The Kier molecular flexibility index (Phi) is 3.23. The number of carboxylic acid groups (broad SMARTS) is 1. The highest BCUT2D eigenvalue weighted by Gasteiger charge is 2.21. The van der Waals surface area contributed by atoms with Gasteiger partial charge < -0.3 is 10.0 Å². The maximum absolute atomic E-state index is 11.0. The second-order valence-corrected chi connectivity index (χ2v) is 5.26. The number of rotatable bonds is 1. The minimum Gasteiger partial charge on any atom is -0.478 e. The minimum absolute atomic E-state index is 0.322. The number of hydrogen-bond donors (Lipinski definition) is 1. The monoisotopic (exact) mass is 258 g/mol. The number of aliphatic imine (C=N–C) groups is 1. The van der Waals surface area contributed by atoms with Gasteiger partial charge >= 0.3 is 5.97 Å². The van der Waals surface area contributed by atoms with Crippen molar-refractivity contribution in [2.45, 2.75) is 38.6 Å². The van der Waals surface area contributed by atoms with Crippen molar-refractivity contribution in [3.05, 3.63) is 29.3 Å². The highest BCUT2D eigenvalue weighted by Crippen LogP contribution is 2.29. The molecule has 4 heteroatoms. The van der Waals surface area contributed by atoms with Gasteiger partial charge in [0.1, 0.15) is 5.84 Å². The van der Waals surface area contributed by atoms with Crippen molar-refractivity contribution in [3.63, 3.8) is 0 Å². The number of benzene rings is 1. The van der Waals surface area contributed by atoms with E-state index < -0.39 is 5.97 Å². The summed E-state index contributed by atoms with van der Waals surface area (Å²) in [6.07, 6.45) is 5.99. The van der Waals surface area contributed by atoms with Crippen LogP contribution in [0.2, 0.25) is 0 Å². The first-order chi connectivity index (χ1) is 9.24. The Morgan fingerprint density at radius 3 is 2.89 bits per heavy atom. The fourth-order valence-corrected chi connectivity index (χ4v) is 2.80. The summed E-state index contributed by atoms with van der Waals surface area (Å²) >= 11 is 0. The first-order valence-electron chi connectivity index (χ1n) is 6.93. The third kappa shape index (κ3) is 2.48. The Morgan fingerprint density at radius 1 is 1.21 bits per heavy atom. The normalized spacial score (nSPS) is 18.7. The molecule has 0 amide bonds. The molecule has 1 aromatic rings. The molecule has 19 heavy (non-hydrogen) atoms. The zero-order chi connectivity index (χ0) is 13.2. The van der Waals surface area contributed by atoms with Crippen molar-refractivity contribution in [1.29, 1.82) is 0 Å². The van der Waals surface area contributed by atoms with Crippen LogP contribution in [0.15, 0.2) is 23.2 Å². The molecule has 100 valence electrons. The van der Waals surface area contributed by atoms with E-state index in [0.717, 1.165) is 36.6 Å². The van der Waals surface area contributed by atoms with Crippen LogP contribution >= 0.6 is 0 Å². The van der Waals surface area contributed by atoms with Crippen molar-refractivity contribution in [3.8, 4) is 0 Å². The molecular weight excluding hydrogens is 240 g/mol. The maximum Gasteiger partial charge on any atom is 0.335 e. The lowest BCUT2D eigenvalue weighted by Gasteiger charge is -2.32. The molecule has 0 radical (unpaired) electrons. The van der Waals surface area contributed by atoms with Crippen LogP contribution in [0.1, 0.15) is 48.0 Å². The Hall–Kier alpha value is -1.84. The van der Waals surface area contributed by atoms with E-state index in [1.54, 1.807) is 12.1 Å². The van der Waals surface area contributed by atoms with Crippen LogP contribution in [0, 0.1) is 0 Å². The summed E-state index contributed by atoms with van der Waals surface area (Å²) in [5, 5.41) is 9.04. The molecule has 1 fully saturated rings. The van der Waals surface area contributed by atoms with Gasteiger partial charge in [0.05, 0.1) is 11.3 Å².